The van der Waals surface area contributed by atoms with Crippen molar-refractivity contribution in [1.29, 1.82) is 0 Å². The highest BCUT2D eigenvalue weighted by Gasteiger charge is 2.31. The molecule has 3 nitrogen and oxygen atoms in total. The third-order valence-corrected chi connectivity index (χ3v) is 6.03. The molecule has 0 aliphatic carbocycles. The van der Waals surface area contributed by atoms with Crippen LogP contribution in [0.15, 0.2) is 24.3 Å². The Balaban J connectivity index is 1.86. The summed E-state index contributed by atoms with van der Waals surface area (Å²) in [6, 6.07) is 8.44. The molecule has 0 bridgehead atoms. The largest absolute Gasteiger partial charge is 0.491 e. The Morgan fingerprint density at radius 3 is 2.15 bits per heavy atom. The number of piperidine rings is 1. The van der Waals surface area contributed by atoms with Crippen molar-refractivity contribution in [1.82, 2.24) is 0 Å². The van der Waals surface area contributed by atoms with Crippen molar-refractivity contribution in [2.45, 2.75) is 72.3 Å². The van der Waals surface area contributed by atoms with Crippen LogP contribution in [0.3, 0.4) is 0 Å². The van der Waals surface area contributed by atoms with Gasteiger partial charge in [-0.3, -0.25) is 0 Å². The summed E-state index contributed by atoms with van der Waals surface area (Å²) in [5.41, 5.74) is 1.78. The lowest BCUT2D eigenvalue weighted by atomic mass is 9.72. The lowest BCUT2D eigenvalue weighted by Gasteiger charge is -2.41. The second-order valence-corrected chi connectivity index (χ2v) is 11.0. The van der Waals surface area contributed by atoms with Crippen LogP contribution in [0.25, 0.3) is 0 Å². The standard InChI is InChI=1S/C24H42NO2/c1-19-12-14-25(7,15-13-19)16-21(26)17-27-22-10-8-20(9-11-22)24(5,6)18-23(2,3)4/h8-11,19,21,26H,12-18H2,1-7H3/q+1/t19?,21-,25?/m1/s1. The first-order valence-electron chi connectivity index (χ1n) is 10.6. The fourth-order valence-electron chi connectivity index (χ4n) is 4.69. The number of benzene rings is 1. The van der Waals surface area contributed by atoms with Crippen LogP contribution < -0.4 is 4.74 Å². The average Bonchev–Trinajstić information content (AvgIpc) is 2.54. The van der Waals surface area contributed by atoms with Gasteiger partial charge in [0.2, 0.25) is 0 Å². The number of aliphatic hydroxyl groups is 1. The third kappa shape index (κ3) is 7.12. The zero-order chi connectivity index (χ0) is 20.3. The summed E-state index contributed by atoms with van der Waals surface area (Å²) in [5.74, 6) is 1.67. The van der Waals surface area contributed by atoms with Crippen molar-refractivity contribution < 1.29 is 14.3 Å². The number of likely N-dealkylation sites (N-methyl/N-ethyl adjacent to an activating group) is 1. The Bertz CT molecular complexity index is 577. The normalized spacial score (nSPS) is 25.3. The van der Waals surface area contributed by atoms with Crippen molar-refractivity contribution in [3.05, 3.63) is 29.8 Å². The van der Waals surface area contributed by atoms with Crippen LogP contribution >= 0.6 is 0 Å². The predicted molar refractivity (Wildman–Crippen MR) is 114 cm³/mol. The quantitative estimate of drug-likeness (QED) is 0.677. The molecule has 1 heterocycles. The van der Waals surface area contributed by atoms with Crippen LogP contribution in [0.5, 0.6) is 5.75 Å². The van der Waals surface area contributed by atoms with E-state index in [9.17, 15) is 5.11 Å². The van der Waals surface area contributed by atoms with Crippen LogP contribution in [-0.4, -0.2) is 49.0 Å². The van der Waals surface area contributed by atoms with Gasteiger partial charge in [0.05, 0.1) is 20.1 Å². The number of hydrogen-bond acceptors (Lipinski definition) is 2. The van der Waals surface area contributed by atoms with Crippen LogP contribution in [0.4, 0.5) is 0 Å². The summed E-state index contributed by atoms with van der Waals surface area (Å²) in [7, 11) is 2.27. The van der Waals surface area contributed by atoms with Crippen LogP contribution in [-0.2, 0) is 5.41 Å². The molecule has 1 saturated heterocycles. The first-order valence-corrected chi connectivity index (χ1v) is 10.6. The molecule has 1 aliphatic heterocycles. The van der Waals surface area contributed by atoms with Crippen molar-refractivity contribution in [3.63, 3.8) is 0 Å². The van der Waals surface area contributed by atoms with E-state index in [1.807, 2.05) is 12.1 Å². The Morgan fingerprint density at radius 2 is 1.63 bits per heavy atom. The first kappa shape index (κ1) is 22.2. The minimum atomic E-state index is -0.416. The maximum absolute atomic E-state index is 10.5. The van der Waals surface area contributed by atoms with E-state index >= 15 is 0 Å². The van der Waals surface area contributed by atoms with Gasteiger partial charge < -0.3 is 14.3 Å². The fourth-order valence-corrected chi connectivity index (χ4v) is 4.69. The van der Waals surface area contributed by atoms with Gasteiger partial charge in [-0.05, 0) is 53.7 Å². The summed E-state index contributed by atoms with van der Waals surface area (Å²) in [4.78, 5) is 0. The van der Waals surface area contributed by atoms with Crippen molar-refractivity contribution >= 4 is 0 Å². The molecule has 1 aromatic rings. The van der Waals surface area contributed by atoms with Crippen LogP contribution in [0, 0.1) is 11.3 Å². The Hall–Kier alpha value is -1.06. The van der Waals surface area contributed by atoms with Crippen LogP contribution in [0.2, 0.25) is 0 Å². The molecular weight excluding hydrogens is 334 g/mol. The summed E-state index contributed by atoms with van der Waals surface area (Å²) in [6.07, 6.45) is 3.24. The van der Waals surface area contributed by atoms with E-state index in [-0.39, 0.29) is 5.41 Å². The third-order valence-electron chi connectivity index (χ3n) is 6.03. The molecule has 1 aliphatic rings. The van der Waals surface area contributed by atoms with Gasteiger partial charge in [0, 0.05) is 0 Å². The molecule has 2 rings (SSSR count). The van der Waals surface area contributed by atoms with Gasteiger partial charge in [0.1, 0.15) is 25.0 Å². The molecule has 1 aromatic carbocycles. The molecule has 0 amide bonds. The number of hydrogen-bond donors (Lipinski definition) is 1. The van der Waals surface area contributed by atoms with E-state index in [0.29, 0.717) is 12.0 Å². The van der Waals surface area contributed by atoms with Crippen molar-refractivity contribution in [3.8, 4) is 5.75 Å². The molecule has 154 valence electrons. The molecule has 0 radical (unpaired) electrons. The van der Waals surface area contributed by atoms with E-state index in [4.69, 9.17) is 4.74 Å². The van der Waals surface area contributed by atoms with Gasteiger partial charge in [-0.1, -0.05) is 53.7 Å². The maximum atomic E-state index is 10.5. The molecule has 1 fully saturated rings. The summed E-state index contributed by atoms with van der Waals surface area (Å²) < 4.78 is 6.85. The molecule has 0 spiro atoms. The number of ether oxygens (including phenoxy) is 1. The van der Waals surface area contributed by atoms with E-state index in [0.717, 1.165) is 42.2 Å². The molecule has 27 heavy (non-hydrogen) atoms. The summed E-state index contributed by atoms with van der Waals surface area (Å²) >= 11 is 0. The van der Waals surface area contributed by atoms with Gasteiger partial charge >= 0.3 is 0 Å². The average molecular weight is 377 g/mol. The molecular formula is C24H42NO2+. The van der Waals surface area contributed by atoms with E-state index in [1.165, 1.54) is 18.4 Å². The monoisotopic (exact) mass is 376 g/mol. The molecule has 3 heteroatoms. The minimum absolute atomic E-state index is 0.139. The Morgan fingerprint density at radius 1 is 1.07 bits per heavy atom. The van der Waals surface area contributed by atoms with Gasteiger partial charge in [-0.25, -0.2) is 0 Å². The summed E-state index contributed by atoms with van der Waals surface area (Å²) in [6.45, 7) is 17.3. The highest BCUT2D eigenvalue weighted by molar-refractivity contribution is 5.31. The van der Waals surface area contributed by atoms with Gasteiger partial charge in [-0.15, -0.1) is 0 Å². The van der Waals surface area contributed by atoms with Crippen molar-refractivity contribution in [2.75, 3.05) is 33.3 Å². The maximum Gasteiger partial charge on any atom is 0.137 e. The zero-order valence-electron chi connectivity index (χ0n) is 18.7. The number of nitrogens with zero attached hydrogens (tertiary/aromatic N) is 1. The van der Waals surface area contributed by atoms with Crippen LogP contribution in [0.1, 0.15) is 66.4 Å². The lowest BCUT2D eigenvalue weighted by molar-refractivity contribution is -0.918. The number of rotatable bonds is 7. The number of likely N-dealkylation sites (tertiary alicyclic amines) is 1. The van der Waals surface area contributed by atoms with E-state index < -0.39 is 6.10 Å². The Labute approximate surface area is 167 Å². The first-order chi connectivity index (χ1) is 12.4. The molecule has 0 aromatic heterocycles. The fraction of sp³-hybridized carbons (Fsp3) is 0.750. The Kier molecular flexibility index (Phi) is 7.02. The lowest BCUT2D eigenvalue weighted by Crippen LogP contribution is -2.54. The smallest absolute Gasteiger partial charge is 0.137 e. The van der Waals surface area contributed by atoms with Gasteiger partial charge in [0.25, 0.3) is 0 Å². The highest BCUT2D eigenvalue weighted by atomic mass is 16.5. The van der Waals surface area contributed by atoms with Gasteiger partial charge in [0.15, 0.2) is 0 Å². The SMILES string of the molecule is CC1CC[N+](C)(C[C@@H](O)COc2ccc(C(C)(C)CC(C)(C)C)cc2)CC1. The highest BCUT2D eigenvalue weighted by Crippen LogP contribution is 2.36. The molecule has 1 atom stereocenters. The number of quaternary nitrogens is 1. The van der Waals surface area contributed by atoms with E-state index in [2.05, 4.69) is 60.7 Å². The molecule has 0 unspecified atom stereocenters. The van der Waals surface area contributed by atoms with E-state index in [1.54, 1.807) is 0 Å². The topological polar surface area (TPSA) is 29.5 Å². The molecule has 0 saturated carbocycles. The van der Waals surface area contributed by atoms with Gasteiger partial charge in [-0.2, -0.15) is 0 Å². The number of aliphatic hydroxyl groups excluding tert-OH is 1. The predicted octanol–water partition coefficient (Wildman–Crippen LogP) is 5.02. The summed E-state index contributed by atoms with van der Waals surface area (Å²) in [5, 5.41) is 10.5. The minimum Gasteiger partial charge on any atom is -0.491 e. The second kappa shape index (κ2) is 8.53. The van der Waals surface area contributed by atoms with Crippen molar-refractivity contribution in [2.24, 2.45) is 11.3 Å². The second-order valence-electron chi connectivity index (χ2n) is 11.0. The molecule has 1 N–H and O–H groups in total. The zero-order valence-corrected chi connectivity index (χ0v) is 18.7.